The number of nitrogens with one attached hydrogen (secondary N) is 7. The Morgan fingerprint density at radius 3 is 1.96 bits per heavy atom. The minimum atomic E-state index is -5.80. The number of rotatable bonds is 21. The Hall–Kier alpha value is -7.46. The first-order chi connectivity index (χ1) is 36.4. The van der Waals surface area contributed by atoms with Crippen LogP contribution in [0.4, 0.5) is 26.3 Å². The van der Waals surface area contributed by atoms with Crippen LogP contribution in [-0.2, 0) is 50.3 Å². The number of benzene rings is 4. The van der Waals surface area contributed by atoms with Gasteiger partial charge in [-0.05, 0) is 30.0 Å². The molecule has 77 heavy (non-hydrogen) atoms. The third-order valence-corrected chi connectivity index (χ3v) is 16.2. The molecule has 1 aliphatic heterocycles. The van der Waals surface area contributed by atoms with E-state index >= 15 is 0 Å². The molecule has 0 bridgehead atoms. The number of fused-ring (bicyclic) bond motifs is 2. The van der Waals surface area contributed by atoms with Gasteiger partial charge in [-0.25, -0.2) is 4.79 Å². The molecule has 0 saturated heterocycles. The molecule has 1 aliphatic rings. The molecule has 410 valence electrons. The van der Waals surface area contributed by atoms with Gasteiger partial charge < -0.3 is 36.7 Å². The monoisotopic (exact) mass is 1190 g/mol. The van der Waals surface area contributed by atoms with Crippen molar-refractivity contribution >= 4 is 72.5 Å². The summed E-state index contributed by atoms with van der Waals surface area (Å²) in [6.45, 7) is 6.00. The zero-order valence-electron chi connectivity index (χ0n) is 42.0. The van der Waals surface area contributed by atoms with Crippen molar-refractivity contribution < 1.29 is 68.1 Å². The summed E-state index contributed by atoms with van der Waals surface area (Å²) in [6, 6.07) is 19.6. The number of carbonyl (C=O) groups is 7. The molecule has 0 aliphatic carbocycles. The fraction of sp³-hybridized carbons (Fsp3) is 0.352. The average molecular weight is 1190 g/mol. The number of hydrogen-bond acceptors (Lipinski definition) is 8. The van der Waals surface area contributed by atoms with Crippen LogP contribution in [-0.4, -0.2) is 101 Å². The van der Waals surface area contributed by atoms with Gasteiger partial charge in [-0.15, -0.1) is 0 Å². The Labute approximate surface area is 446 Å². The molecule has 4 aromatic carbocycles. The van der Waals surface area contributed by atoms with Crippen molar-refractivity contribution in [3.63, 3.8) is 0 Å². The van der Waals surface area contributed by atoms with Gasteiger partial charge in [0.2, 0.25) is 29.5 Å². The SMILES string of the molecule is CC(=O)N[C@@H](CCCCNC(=O)c1ccc(C#CI2OC(C(F)(F)F)(C(F)(F)F)c3ccccc32)cc1)C(=O)N[C@H](C(=O)N[C@@H](C)C(=O)N[C@@H](Cc1ccccc1)C(=O)N[C@@H](Cc1c[nH]c2ccccc12)C(=O)O)C(C)C. The van der Waals surface area contributed by atoms with Crippen LogP contribution in [0, 0.1) is 19.3 Å². The van der Waals surface area contributed by atoms with Crippen LogP contribution in [0.2, 0.25) is 0 Å². The molecule has 6 amide bonds. The Balaban J connectivity index is 1.00. The topological polar surface area (TPSA) is 237 Å². The van der Waals surface area contributed by atoms with E-state index in [9.17, 15) is 65.0 Å². The van der Waals surface area contributed by atoms with Gasteiger partial charge in [0.05, 0.1) is 0 Å². The van der Waals surface area contributed by atoms with Crippen molar-refractivity contribution in [2.45, 2.75) is 108 Å². The fourth-order valence-electron chi connectivity index (χ4n) is 8.32. The first kappa shape index (κ1) is 58.8. The normalized spacial score (nSPS) is 15.3. The molecule has 8 N–H and O–H groups in total. The number of halogens is 7. The first-order valence-corrected chi connectivity index (χ1v) is 27.3. The minimum absolute atomic E-state index is 0.0221. The summed E-state index contributed by atoms with van der Waals surface area (Å²) < 4.78 is 91.2. The maximum atomic E-state index is 14.0. The molecule has 1 aromatic heterocycles. The number of aromatic nitrogens is 1. The second-order valence-electron chi connectivity index (χ2n) is 18.5. The predicted molar refractivity (Wildman–Crippen MR) is 279 cm³/mol. The van der Waals surface area contributed by atoms with Gasteiger partial charge in [0.1, 0.15) is 30.2 Å². The third-order valence-electron chi connectivity index (χ3n) is 12.4. The van der Waals surface area contributed by atoms with E-state index in [1.807, 2.05) is 18.2 Å². The standard InChI is InChI=1S/C54H56F6IN7O9/c1-31(2)45(50(74)64-32(3)46(70)66-43(28-35-14-6-5-7-15-35)49(73)67-44(51(75)76)29-37-30-63-41-19-11-8-16-38(37)41)68-48(72)42(65-33(4)69)20-12-13-27-62-47(71)36-23-21-34(22-24-36)25-26-61-40-18-10-9-17-39(40)52(77-61,53(55,56)57)54(58,59)60/h5-11,14-19,21-24,30-32,42-45,63H,12-13,20,27-29H2,1-4H3,(H,62,71)(H,64,74)(H,65,69)(H,66,70)(H,67,73)(H,68,72)(H,75,76)/t32-,42-,43-,44-,45-/m0/s1. The number of hydrogen-bond donors (Lipinski definition) is 8. The van der Waals surface area contributed by atoms with E-state index in [0.717, 1.165) is 29.1 Å². The number of H-pyrrole nitrogens is 1. The molecular formula is C54H56F6IN7O9. The van der Waals surface area contributed by atoms with Crippen LogP contribution in [0.25, 0.3) is 10.9 Å². The summed E-state index contributed by atoms with van der Waals surface area (Å²) in [4.78, 5) is 95.4. The quantitative estimate of drug-likeness (QED) is 0.0169. The van der Waals surface area contributed by atoms with Crippen molar-refractivity contribution in [2.75, 3.05) is 6.54 Å². The van der Waals surface area contributed by atoms with Crippen LogP contribution in [0.3, 0.4) is 0 Å². The third kappa shape index (κ3) is 14.7. The number of carbonyl (C=O) groups excluding carboxylic acids is 6. The van der Waals surface area contributed by atoms with E-state index in [4.69, 9.17) is 3.07 Å². The second-order valence-corrected chi connectivity index (χ2v) is 22.0. The second kappa shape index (κ2) is 25.6. The number of alkyl halides is 6. The van der Waals surface area contributed by atoms with Crippen molar-refractivity contribution in [3.8, 4) is 9.85 Å². The van der Waals surface area contributed by atoms with E-state index in [2.05, 4.69) is 46.7 Å². The summed E-state index contributed by atoms with van der Waals surface area (Å²) in [5.41, 5.74) is -3.03. The zero-order valence-corrected chi connectivity index (χ0v) is 44.1. The van der Waals surface area contributed by atoms with Gasteiger partial charge in [-0.2, -0.15) is 0 Å². The van der Waals surface area contributed by atoms with E-state index in [1.165, 1.54) is 44.2 Å². The van der Waals surface area contributed by atoms with E-state index in [1.54, 1.807) is 56.4 Å². The van der Waals surface area contributed by atoms with Crippen molar-refractivity contribution in [2.24, 2.45) is 5.92 Å². The average Bonchev–Trinajstić information content (AvgIpc) is 4.11. The molecule has 0 fully saturated rings. The number of carboxylic acids is 1. The van der Waals surface area contributed by atoms with Crippen molar-refractivity contribution in [3.05, 3.63) is 141 Å². The van der Waals surface area contributed by atoms with Crippen LogP contribution < -0.4 is 31.9 Å². The summed E-state index contributed by atoms with van der Waals surface area (Å²) in [5, 5.41) is 26.6. The summed E-state index contributed by atoms with van der Waals surface area (Å²) >= 11 is -3.81. The van der Waals surface area contributed by atoms with Crippen LogP contribution in [0.1, 0.15) is 79.6 Å². The molecule has 23 heteroatoms. The maximum Gasteiger partial charge on any atom is 0.326 e. The largest absolute Gasteiger partial charge is 0.480 e. The predicted octanol–water partition coefficient (Wildman–Crippen LogP) is 6.71. The number of carboxylic acid groups (broad SMARTS) is 1. The molecule has 0 unspecified atom stereocenters. The number of para-hydroxylation sites is 1. The van der Waals surface area contributed by atoms with E-state index < -0.39 is 121 Å². The Bertz CT molecular complexity index is 3000. The molecule has 6 rings (SSSR count). The number of aliphatic carboxylic acids is 1. The molecule has 2 heterocycles. The van der Waals surface area contributed by atoms with Crippen molar-refractivity contribution in [1.29, 1.82) is 0 Å². The summed E-state index contributed by atoms with van der Waals surface area (Å²) in [7, 11) is 0. The Morgan fingerprint density at radius 1 is 0.688 bits per heavy atom. The van der Waals surface area contributed by atoms with Gasteiger partial charge in [0.15, 0.2) is 0 Å². The van der Waals surface area contributed by atoms with Gasteiger partial charge in [0.25, 0.3) is 0 Å². The smallest absolute Gasteiger partial charge is 0.326 e. The summed E-state index contributed by atoms with van der Waals surface area (Å²) in [5.74, 6) is -3.28. The number of amides is 6. The molecule has 5 aromatic rings. The van der Waals surface area contributed by atoms with Gasteiger partial charge in [0, 0.05) is 36.9 Å². The van der Waals surface area contributed by atoms with Crippen molar-refractivity contribution in [1.82, 2.24) is 36.9 Å². The fourth-order valence-corrected chi connectivity index (χ4v) is 12.5. The molecular weight excluding hydrogens is 1130 g/mol. The molecule has 5 atom stereocenters. The number of aromatic amines is 1. The minimum Gasteiger partial charge on any atom is -0.480 e. The zero-order chi connectivity index (χ0) is 56.2. The van der Waals surface area contributed by atoms with Crippen LogP contribution in [0.15, 0.2) is 109 Å². The molecule has 16 nitrogen and oxygen atoms in total. The van der Waals surface area contributed by atoms with Crippen LogP contribution in [0.5, 0.6) is 0 Å². The van der Waals surface area contributed by atoms with Gasteiger partial charge >= 0.3 is 194 Å². The van der Waals surface area contributed by atoms with E-state index in [0.29, 0.717) is 24.0 Å². The maximum absolute atomic E-state index is 14.0. The summed E-state index contributed by atoms with van der Waals surface area (Å²) in [6.07, 6.45) is -9.29. The molecule has 0 radical (unpaired) electrons. The Kier molecular flexibility index (Phi) is 19.5. The number of unbranched alkanes of at least 4 members (excludes halogenated alkanes) is 1. The molecule has 0 spiro atoms. The van der Waals surface area contributed by atoms with Gasteiger partial charge in [-0.3, -0.25) is 24.0 Å². The van der Waals surface area contributed by atoms with E-state index in [-0.39, 0.29) is 40.5 Å². The first-order valence-electron chi connectivity index (χ1n) is 24.2. The molecule has 0 saturated carbocycles. The van der Waals surface area contributed by atoms with Gasteiger partial charge in [-0.1, -0.05) is 62.4 Å². The Morgan fingerprint density at radius 2 is 1.31 bits per heavy atom. The van der Waals surface area contributed by atoms with Crippen LogP contribution >= 0.6 is 20.2 Å².